The van der Waals surface area contributed by atoms with Crippen molar-refractivity contribution in [1.82, 2.24) is 10.2 Å². The van der Waals surface area contributed by atoms with Crippen LogP contribution in [-0.2, 0) is 22.6 Å². The minimum absolute atomic E-state index is 0.0655. The van der Waals surface area contributed by atoms with Gasteiger partial charge in [-0.25, -0.2) is 9.18 Å². The van der Waals surface area contributed by atoms with E-state index in [1.807, 2.05) is 36.1 Å². The van der Waals surface area contributed by atoms with Crippen LogP contribution in [0.15, 0.2) is 60.7 Å². The van der Waals surface area contributed by atoms with Gasteiger partial charge in [0.05, 0.1) is 18.8 Å². The fraction of sp³-hybridized carbons (Fsp3) is 0.250. The molecule has 0 saturated carbocycles. The first-order chi connectivity index (χ1) is 17.7. The third-order valence-corrected chi connectivity index (χ3v) is 6.41. The minimum atomic E-state index is -1.34. The van der Waals surface area contributed by atoms with E-state index in [-0.39, 0.29) is 19.1 Å². The monoisotopic (exact) mass is 505 g/mol. The van der Waals surface area contributed by atoms with Gasteiger partial charge < -0.3 is 20.9 Å². The lowest BCUT2D eigenvalue weighted by Gasteiger charge is -2.34. The Morgan fingerprint density at radius 1 is 1.11 bits per heavy atom. The summed E-state index contributed by atoms with van der Waals surface area (Å²) in [5.41, 5.74) is 9.83. The number of morpholine rings is 1. The molecular weight excluding hydrogens is 477 g/mol. The van der Waals surface area contributed by atoms with Gasteiger partial charge in [-0.3, -0.25) is 14.5 Å². The van der Waals surface area contributed by atoms with Crippen LogP contribution >= 0.6 is 0 Å². The van der Waals surface area contributed by atoms with Gasteiger partial charge in [0.2, 0.25) is 11.8 Å². The third-order valence-electron chi connectivity index (χ3n) is 6.41. The van der Waals surface area contributed by atoms with E-state index in [1.165, 1.54) is 12.1 Å². The number of carboxylic acids is 1. The summed E-state index contributed by atoms with van der Waals surface area (Å²) >= 11 is 0. The van der Waals surface area contributed by atoms with Gasteiger partial charge in [-0.2, -0.15) is 0 Å². The summed E-state index contributed by atoms with van der Waals surface area (Å²) in [5.74, 6) is -2.91. The van der Waals surface area contributed by atoms with Crippen molar-refractivity contribution in [2.75, 3.05) is 19.8 Å². The fourth-order valence-corrected chi connectivity index (χ4v) is 4.43. The number of carboxylic acid groups (broad SMARTS) is 1. The van der Waals surface area contributed by atoms with E-state index in [2.05, 4.69) is 11.4 Å². The molecule has 1 aliphatic rings. The number of hydrogen-bond acceptors (Lipinski definition) is 5. The Hall–Kier alpha value is -4.08. The zero-order valence-corrected chi connectivity index (χ0v) is 20.4. The Morgan fingerprint density at radius 3 is 2.62 bits per heavy atom. The van der Waals surface area contributed by atoms with Gasteiger partial charge >= 0.3 is 5.97 Å². The molecule has 3 aromatic carbocycles. The molecule has 1 atom stereocenters. The number of aromatic carboxylic acids is 1. The topological polar surface area (TPSA) is 122 Å². The number of hydrogen-bond donors (Lipinski definition) is 3. The molecule has 0 bridgehead atoms. The Labute approximate surface area is 213 Å². The molecule has 1 fully saturated rings. The number of rotatable bonds is 8. The number of benzene rings is 3. The first-order valence-electron chi connectivity index (χ1n) is 11.8. The number of primary amides is 1. The molecule has 1 heterocycles. The van der Waals surface area contributed by atoms with Crippen LogP contribution in [0.5, 0.6) is 0 Å². The molecule has 4 N–H and O–H groups in total. The lowest BCUT2D eigenvalue weighted by molar-refractivity contribution is -0.133. The number of nitrogens with zero attached hydrogens (tertiary/aromatic N) is 1. The zero-order valence-electron chi connectivity index (χ0n) is 20.4. The summed E-state index contributed by atoms with van der Waals surface area (Å²) in [4.78, 5) is 37.5. The number of carbonyl (C=O) groups excluding carboxylic acids is 2. The van der Waals surface area contributed by atoms with Gasteiger partial charge in [-0.15, -0.1) is 0 Å². The molecule has 1 aliphatic heterocycles. The van der Waals surface area contributed by atoms with Gasteiger partial charge in [0, 0.05) is 25.2 Å². The molecular formula is C28H28FN3O5. The molecule has 1 saturated heterocycles. The van der Waals surface area contributed by atoms with Gasteiger partial charge in [-0.1, -0.05) is 30.3 Å². The molecule has 3 aromatic rings. The predicted octanol–water partition coefficient (Wildman–Crippen LogP) is 3.12. The molecule has 2 amide bonds. The van der Waals surface area contributed by atoms with Gasteiger partial charge in [0.15, 0.2) is 0 Å². The predicted molar refractivity (Wildman–Crippen MR) is 135 cm³/mol. The molecule has 8 nitrogen and oxygen atoms in total. The maximum Gasteiger partial charge on any atom is 0.338 e. The van der Waals surface area contributed by atoms with E-state index in [0.717, 1.165) is 28.3 Å². The molecule has 0 spiro atoms. The Morgan fingerprint density at radius 2 is 1.92 bits per heavy atom. The van der Waals surface area contributed by atoms with Crippen LogP contribution in [0.4, 0.5) is 4.39 Å². The first-order valence-corrected chi connectivity index (χ1v) is 11.8. The molecule has 0 aromatic heterocycles. The first kappa shape index (κ1) is 26.0. The molecule has 0 unspecified atom stereocenters. The van der Waals surface area contributed by atoms with Crippen molar-refractivity contribution in [3.63, 3.8) is 0 Å². The molecule has 9 heteroatoms. The Bertz CT molecular complexity index is 1340. The van der Waals surface area contributed by atoms with Crippen molar-refractivity contribution in [2.24, 2.45) is 5.73 Å². The highest BCUT2D eigenvalue weighted by Crippen LogP contribution is 2.26. The zero-order chi connectivity index (χ0) is 26.5. The highest BCUT2D eigenvalue weighted by atomic mass is 19.1. The maximum atomic E-state index is 14.0. The van der Waals surface area contributed by atoms with Gasteiger partial charge in [0.25, 0.3) is 0 Å². The molecule has 0 radical (unpaired) electrons. The van der Waals surface area contributed by atoms with Gasteiger partial charge in [-0.05, 0) is 65.1 Å². The van der Waals surface area contributed by atoms with Crippen LogP contribution in [0.1, 0.15) is 37.4 Å². The summed E-state index contributed by atoms with van der Waals surface area (Å²) in [7, 11) is 0. The molecule has 4 rings (SSSR count). The Balaban J connectivity index is 1.45. The van der Waals surface area contributed by atoms with Crippen molar-refractivity contribution < 1.29 is 28.6 Å². The average Bonchev–Trinajstić information content (AvgIpc) is 2.87. The normalized spacial score (nSPS) is 15.8. The minimum Gasteiger partial charge on any atom is -0.478 e. The Kier molecular flexibility index (Phi) is 7.95. The lowest BCUT2D eigenvalue weighted by Crippen LogP contribution is -2.53. The SMILES string of the molecule is Cc1cc(C(N)=O)ccc1-c1cccc(CN2CCOC[C@@H]2C(=O)NCc2ccc(C(=O)O)c(F)c2)c1. The highest BCUT2D eigenvalue weighted by Gasteiger charge is 2.29. The van der Waals surface area contributed by atoms with Crippen molar-refractivity contribution >= 4 is 17.8 Å². The van der Waals surface area contributed by atoms with E-state index in [1.54, 1.807) is 12.1 Å². The van der Waals surface area contributed by atoms with Crippen LogP contribution in [0.25, 0.3) is 11.1 Å². The highest BCUT2D eigenvalue weighted by molar-refractivity contribution is 5.93. The van der Waals surface area contributed by atoms with Crippen LogP contribution in [0, 0.1) is 12.7 Å². The van der Waals surface area contributed by atoms with Crippen LogP contribution < -0.4 is 11.1 Å². The summed E-state index contributed by atoms with van der Waals surface area (Å²) in [6.07, 6.45) is 0. The second-order valence-corrected chi connectivity index (χ2v) is 8.99. The van der Waals surface area contributed by atoms with Crippen molar-refractivity contribution in [3.8, 4) is 11.1 Å². The second kappa shape index (κ2) is 11.3. The average molecular weight is 506 g/mol. The van der Waals surface area contributed by atoms with E-state index < -0.39 is 29.3 Å². The van der Waals surface area contributed by atoms with Crippen LogP contribution in [-0.4, -0.2) is 53.6 Å². The maximum absolute atomic E-state index is 14.0. The second-order valence-electron chi connectivity index (χ2n) is 8.99. The number of ether oxygens (including phenoxy) is 1. The fourth-order valence-electron chi connectivity index (χ4n) is 4.43. The smallest absolute Gasteiger partial charge is 0.338 e. The summed E-state index contributed by atoms with van der Waals surface area (Å²) in [5, 5.41) is 11.8. The van der Waals surface area contributed by atoms with E-state index >= 15 is 0 Å². The summed E-state index contributed by atoms with van der Waals surface area (Å²) in [6.45, 7) is 3.81. The third kappa shape index (κ3) is 6.19. The van der Waals surface area contributed by atoms with Crippen LogP contribution in [0.2, 0.25) is 0 Å². The summed E-state index contributed by atoms with van der Waals surface area (Å²) in [6, 6.07) is 16.6. The van der Waals surface area contributed by atoms with Crippen LogP contribution in [0.3, 0.4) is 0 Å². The quantitative estimate of drug-likeness (QED) is 0.433. The largest absolute Gasteiger partial charge is 0.478 e. The number of nitrogens with two attached hydrogens (primary N) is 1. The number of amides is 2. The van der Waals surface area contributed by atoms with E-state index in [0.29, 0.717) is 30.8 Å². The molecule has 37 heavy (non-hydrogen) atoms. The number of halogens is 1. The summed E-state index contributed by atoms with van der Waals surface area (Å²) < 4.78 is 19.5. The van der Waals surface area contributed by atoms with Crippen molar-refractivity contribution in [3.05, 3.63) is 94.3 Å². The number of aryl methyl sites for hydroxylation is 1. The lowest BCUT2D eigenvalue weighted by atomic mass is 9.96. The van der Waals surface area contributed by atoms with Crippen molar-refractivity contribution in [1.29, 1.82) is 0 Å². The number of carbonyl (C=O) groups is 3. The van der Waals surface area contributed by atoms with Gasteiger partial charge in [0.1, 0.15) is 11.9 Å². The molecule has 192 valence electrons. The van der Waals surface area contributed by atoms with Crippen molar-refractivity contribution in [2.45, 2.75) is 26.1 Å². The van der Waals surface area contributed by atoms with E-state index in [4.69, 9.17) is 15.6 Å². The van der Waals surface area contributed by atoms with E-state index in [9.17, 15) is 18.8 Å². The number of nitrogens with one attached hydrogen (secondary N) is 1. The molecule has 0 aliphatic carbocycles. The standard InChI is InChI=1S/C28H28FN3O5/c1-17-11-21(26(30)33)6-8-22(17)20-4-2-3-19(12-20)15-32-9-10-37-16-25(32)27(34)31-14-18-5-7-23(28(35)36)24(29)13-18/h2-8,11-13,25H,9-10,14-16H2,1H3,(H2,30,33)(H,31,34)(H,35,36)/t25-/m1/s1.